The first-order valence-electron chi connectivity index (χ1n) is 8.76. The Morgan fingerprint density at radius 1 is 1.04 bits per heavy atom. The number of anilines is 2. The van der Waals surface area contributed by atoms with E-state index in [1.807, 2.05) is 58.3 Å². The molecule has 0 saturated carbocycles. The van der Waals surface area contributed by atoms with Crippen LogP contribution in [0.1, 0.15) is 19.4 Å². The van der Waals surface area contributed by atoms with Crippen LogP contribution in [0.2, 0.25) is 0 Å². The van der Waals surface area contributed by atoms with Gasteiger partial charge in [-0.15, -0.1) is 0 Å². The van der Waals surface area contributed by atoms with Crippen LogP contribution in [0.5, 0.6) is 11.5 Å². The number of rotatable bonds is 8. The van der Waals surface area contributed by atoms with E-state index in [0.717, 1.165) is 22.7 Å². The molecule has 0 aromatic heterocycles. The minimum absolute atomic E-state index is 0.330. The molecule has 140 valence electrons. The Morgan fingerprint density at radius 2 is 1.73 bits per heavy atom. The van der Waals surface area contributed by atoms with Crippen molar-refractivity contribution in [1.29, 1.82) is 0 Å². The van der Waals surface area contributed by atoms with Gasteiger partial charge >= 0.3 is 0 Å². The first-order chi connectivity index (χ1) is 12.5. The van der Waals surface area contributed by atoms with E-state index >= 15 is 0 Å². The zero-order chi connectivity index (χ0) is 18.9. The number of nitrogens with zero attached hydrogens (tertiary/aromatic N) is 2. The number of ether oxygens (including phenoxy) is 2. The summed E-state index contributed by atoms with van der Waals surface area (Å²) in [7, 11) is 4.03. The third-order valence-electron chi connectivity index (χ3n) is 3.71. The highest BCUT2D eigenvalue weighted by molar-refractivity contribution is 5.94. The maximum absolute atomic E-state index is 6.06. The molecular weight excluding hydrogens is 328 g/mol. The van der Waals surface area contributed by atoms with Crippen molar-refractivity contribution < 1.29 is 9.47 Å². The summed E-state index contributed by atoms with van der Waals surface area (Å²) in [5.74, 6) is 1.80. The average molecular weight is 356 g/mol. The molecule has 0 aliphatic carbocycles. The highest BCUT2D eigenvalue weighted by atomic mass is 16.5. The lowest BCUT2D eigenvalue weighted by molar-refractivity contribution is 0.332. The van der Waals surface area contributed by atoms with Gasteiger partial charge < -0.3 is 25.4 Å². The van der Waals surface area contributed by atoms with Gasteiger partial charge in [0.05, 0.1) is 25.4 Å². The van der Waals surface area contributed by atoms with E-state index in [9.17, 15) is 0 Å². The monoisotopic (exact) mass is 356 g/mol. The van der Waals surface area contributed by atoms with Crippen molar-refractivity contribution in [3.05, 3.63) is 48.0 Å². The van der Waals surface area contributed by atoms with Crippen molar-refractivity contribution in [2.45, 2.75) is 20.4 Å². The molecule has 0 heterocycles. The fourth-order valence-electron chi connectivity index (χ4n) is 2.40. The number of hydrogen-bond donors (Lipinski definition) is 2. The summed E-state index contributed by atoms with van der Waals surface area (Å²) in [6.45, 7) is 5.55. The second kappa shape index (κ2) is 9.56. The van der Waals surface area contributed by atoms with Crippen LogP contribution in [0.3, 0.4) is 0 Å². The summed E-state index contributed by atoms with van der Waals surface area (Å²) in [6.07, 6.45) is 0. The van der Waals surface area contributed by atoms with Crippen LogP contribution >= 0.6 is 0 Å². The van der Waals surface area contributed by atoms with Gasteiger partial charge in [0.15, 0.2) is 5.96 Å². The van der Waals surface area contributed by atoms with Gasteiger partial charge in [-0.25, -0.2) is 4.99 Å². The molecule has 0 aliphatic rings. The van der Waals surface area contributed by atoms with E-state index in [4.69, 9.17) is 15.2 Å². The van der Waals surface area contributed by atoms with E-state index in [-0.39, 0.29) is 0 Å². The molecular formula is C20H28N4O2. The fourth-order valence-corrected chi connectivity index (χ4v) is 2.40. The Kier molecular flexibility index (Phi) is 7.14. The lowest BCUT2D eigenvalue weighted by Gasteiger charge is -2.14. The van der Waals surface area contributed by atoms with E-state index < -0.39 is 0 Å². The lowest BCUT2D eigenvalue weighted by Crippen LogP contribution is -2.23. The predicted molar refractivity (Wildman–Crippen MR) is 108 cm³/mol. The Bertz CT molecular complexity index is 727. The van der Waals surface area contributed by atoms with Gasteiger partial charge in [-0.1, -0.05) is 12.1 Å². The molecule has 0 atom stereocenters. The number of nitrogens with two attached hydrogens (primary N) is 1. The molecule has 3 N–H and O–H groups in total. The Balaban J connectivity index is 2.08. The topological polar surface area (TPSA) is 72.1 Å². The molecule has 0 radical (unpaired) electrons. The average Bonchev–Trinajstić information content (AvgIpc) is 2.63. The molecule has 6 heteroatoms. The van der Waals surface area contributed by atoms with Gasteiger partial charge in [0.2, 0.25) is 0 Å². The van der Waals surface area contributed by atoms with Gasteiger partial charge in [-0.2, -0.15) is 0 Å². The predicted octanol–water partition coefficient (Wildman–Crippen LogP) is 3.48. The smallest absolute Gasteiger partial charge is 0.193 e. The minimum Gasteiger partial charge on any atom is -0.494 e. The Morgan fingerprint density at radius 3 is 2.35 bits per heavy atom. The normalized spacial score (nSPS) is 11.2. The summed E-state index contributed by atoms with van der Waals surface area (Å²) < 4.78 is 11.2. The van der Waals surface area contributed by atoms with Crippen LogP contribution in [0.15, 0.2) is 47.5 Å². The van der Waals surface area contributed by atoms with Crippen LogP contribution in [-0.4, -0.2) is 33.3 Å². The lowest BCUT2D eigenvalue weighted by atomic mass is 10.2. The second-order valence-corrected chi connectivity index (χ2v) is 5.91. The fraction of sp³-hybridized carbons (Fsp3) is 0.350. The summed E-state index contributed by atoms with van der Waals surface area (Å²) >= 11 is 0. The Hall–Kier alpha value is -2.89. The first-order valence-corrected chi connectivity index (χ1v) is 8.76. The largest absolute Gasteiger partial charge is 0.494 e. The van der Waals surface area contributed by atoms with Crippen LogP contribution in [0.4, 0.5) is 11.4 Å². The van der Waals surface area contributed by atoms with Crippen molar-refractivity contribution in [3.63, 3.8) is 0 Å². The molecule has 0 bridgehead atoms. The van der Waals surface area contributed by atoms with Crippen molar-refractivity contribution in [3.8, 4) is 11.5 Å². The maximum Gasteiger partial charge on any atom is 0.193 e. The highest BCUT2D eigenvalue weighted by Gasteiger charge is 2.07. The second-order valence-electron chi connectivity index (χ2n) is 5.91. The molecule has 6 nitrogen and oxygen atoms in total. The van der Waals surface area contributed by atoms with Crippen molar-refractivity contribution in [2.24, 2.45) is 10.7 Å². The zero-order valence-electron chi connectivity index (χ0n) is 16.0. The molecule has 0 aliphatic heterocycles. The van der Waals surface area contributed by atoms with E-state index in [2.05, 4.69) is 27.3 Å². The highest BCUT2D eigenvalue weighted by Crippen LogP contribution is 2.29. The zero-order valence-corrected chi connectivity index (χ0v) is 16.0. The van der Waals surface area contributed by atoms with Gasteiger partial charge in [0, 0.05) is 25.8 Å². The minimum atomic E-state index is 0.330. The SMILES string of the molecule is CCOc1ccc(OCC)c(NC(N)=NCc2ccc(N(C)C)cc2)c1. The summed E-state index contributed by atoms with van der Waals surface area (Å²) in [5.41, 5.74) is 9.04. The molecule has 26 heavy (non-hydrogen) atoms. The van der Waals surface area contributed by atoms with Gasteiger partial charge in [-0.05, 0) is 43.7 Å². The molecule has 0 fully saturated rings. The maximum atomic E-state index is 6.06. The number of guanidine groups is 1. The van der Waals surface area contributed by atoms with Gasteiger partial charge in [0.1, 0.15) is 11.5 Å². The third-order valence-corrected chi connectivity index (χ3v) is 3.71. The molecule has 2 rings (SSSR count). The Labute approximate surface area is 155 Å². The van der Waals surface area contributed by atoms with Crippen molar-refractivity contribution in [2.75, 3.05) is 37.5 Å². The van der Waals surface area contributed by atoms with E-state index in [1.165, 1.54) is 0 Å². The van der Waals surface area contributed by atoms with E-state index in [0.29, 0.717) is 31.5 Å². The molecule has 0 saturated heterocycles. The molecule has 0 amide bonds. The molecule has 0 unspecified atom stereocenters. The number of hydrogen-bond acceptors (Lipinski definition) is 4. The number of benzene rings is 2. The van der Waals surface area contributed by atoms with Gasteiger partial charge in [-0.3, -0.25) is 0 Å². The van der Waals surface area contributed by atoms with Crippen LogP contribution in [-0.2, 0) is 6.54 Å². The van der Waals surface area contributed by atoms with Gasteiger partial charge in [0.25, 0.3) is 0 Å². The number of nitrogens with one attached hydrogen (secondary N) is 1. The summed E-state index contributed by atoms with van der Waals surface area (Å²) in [6, 6.07) is 13.8. The summed E-state index contributed by atoms with van der Waals surface area (Å²) in [5, 5.41) is 3.11. The van der Waals surface area contributed by atoms with Crippen LogP contribution in [0, 0.1) is 0 Å². The first kappa shape index (κ1) is 19.4. The molecule has 0 spiro atoms. The van der Waals surface area contributed by atoms with Crippen LogP contribution in [0.25, 0.3) is 0 Å². The number of aliphatic imine (C=N–C) groups is 1. The van der Waals surface area contributed by atoms with Crippen molar-refractivity contribution in [1.82, 2.24) is 0 Å². The summed E-state index contributed by atoms with van der Waals surface area (Å²) in [4.78, 5) is 6.47. The van der Waals surface area contributed by atoms with Crippen molar-refractivity contribution >= 4 is 17.3 Å². The third kappa shape index (κ3) is 5.58. The molecule has 2 aromatic rings. The quantitative estimate of drug-likeness (QED) is 0.560. The standard InChI is InChI=1S/C20H28N4O2/c1-5-25-17-11-12-19(26-6-2)18(13-17)23-20(21)22-14-15-7-9-16(10-8-15)24(3)4/h7-13H,5-6,14H2,1-4H3,(H3,21,22,23). The van der Waals surface area contributed by atoms with Crippen LogP contribution < -0.4 is 25.4 Å². The van der Waals surface area contributed by atoms with E-state index in [1.54, 1.807) is 0 Å². The molecule has 2 aromatic carbocycles.